The summed E-state index contributed by atoms with van der Waals surface area (Å²) < 4.78 is 43.4. The summed E-state index contributed by atoms with van der Waals surface area (Å²) in [6.07, 6.45) is -0.0211. The molecule has 2 saturated heterocycles. The van der Waals surface area contributed by atoms with Gasteiger partial charge >= 0.3 is 12.3 Å². The number of fused-ring (bicyclic) bond motifs is 1. The molecule has 0 spiro atoms. The minimum atomic E-state index is -4.55. The van der Waals surface area contributed by atoms with Gasteiger partial charge in [-0.1, -0.05) is 12.5 Å². The van der Waals surface area contributed by atoms with Crippen LogP contribution in [0.3, 0.4) is 0 Å². The predicted octanol–water partition coefficient (Wildman–Crippen LogP) is 3.84. The van der Waals surface area contributed by atoms with Gasteiger partial charge in [-0.25, -0.2) is 4.79 Å². The van der Waals surface area contributed by atoms with Crippen LogP contribution in [0.1, 0.15) is 48.0 Å². The maximum atomic E-state index is 12.7. The van der Waals surface area contributed by atoms with Gasteiger partial charge in [0.15, 0.2) is 0 Å². The van der Waals surface area contributed by atoms with E-state index in [0.717, 1.165) is 50.9 Å². The number of ether oxygens (including phenoxy) is 1. The monoisotopic (exact) mass is 384 g/mol. The molecule has 2 aliphatic heterocycles. The second kappa shape index (κ2) is 8.29. The normalized spacial score (nSPS) is 23.4. The zero-order chi connectivity index (χ0) is 19.4. The first-order valence-electron chi connectivity index (χ1n) is 9.24. The third kappa shape index (κ3) is 5.00. The van der Waals surface area contributed by atoms with Crippen molar-refractivity contribution < 1.29 is 27.5 Å². The number of amides is 2. The van der Waals surface area contributed by atoms with E-state index < -0.39 is 23.7 Å². The molecule has 0 aromatic heterocycles. The third-order valence-corrected chi connectivity index (χ3v) is 5.32. The van der Waals surface area contributed by atoms with Crippen LogP contribution in [0.4, 0.5) is 18.0 Å². The number of imide groups is 1. The van der Waals surface area contributed by atoms with Crippen LogP contribution in [-0.4, -0.2) is 42.6 Å². The van der Waals surface area contributed by atoms with Gasteiger partial charge in [0.2, 0.25) is 0 Å². The van der Waals surface area contributed by atoms with Crippen LogP contribution in [0.2, 0.25) is 0 Å². The number of hydrogen-bond acceptors (Lipinski definition) is 4. The summed E-state index contributed by atoms with van der Waals surface area (Å²) in [6.45, 7) is 2.35. The highest BCUT2D eigenvalue weighted by atomic mass is 19.4. The zero-order valence-corrected chi connectivity index (χ0v) is 14.9. The Bertz CT molecular complexity index is 691. The summed E-state index contributed by atoms with van der Waals surface area (Å²) in [4.78, 5) is 26.4. The molecular formula is C19H23F3N2O3. The Hall–Kier alpha value is -2.09. The molecule has 0 radical (unpaired) electrons. The maximum absolute atomic E-state index is 12.7. The lowest BCUT2D eigenvalue weighted by atomic mass is 9.84. The summed E-state index contributed by atoms with van der Waals surface area (Å²) in [5, 5.41) is 2.01. The molecule has 2 heterocycles. The number of alkyl carbamates (subject to hydrolysis) is 1. The number of piperidine rings is 2. The zero-order valence-electron chi connectivity index (χ0n) is 14.9. The van der Waals surface area contributed by atoms with Crippen molar-refractivity contribution in [2.24, 2.45) is 5.92 Å². The van der Waals surface area contributed by atoms with Crippen LogP contribution in [-0.2, 0) is 10.9 Å². The number of benzene rings is 1. The quantitative estimate of drug-likeness (QED) is 0.860. The fourth-order valence-electron chi connectivity index (χ4n) is 3.99. The molecule has 0 aliphatic carbocycles. The Labute approximate surface area is 155 Å². The molecule has 2 amide bonds. The highest BCUT2D eigenvalue weighted by Gasteiger charge is 2.34. The van der Waals surface area contributed by atoms with E-state index in [2.05, 4.69) is 4.90 Å². The second-order valence-corrected chi connectivity index (χ2v) is 7.13. The first-order valence-corrected chi connectivity index (χ1v) is 9.24. The van der Waals surface area contributed by atoms with E-state index in [1.54, 1.807) is 0 Å². The molecule has 1 N–H and O–H groups in total. The molecule has 0 bridgehead atoms. The number of hydrogen-bond donors (Lipinski definition) is 1. The third-order valence-electron chi connectivity index (χ3n) is 5.32. The van der Waals surface area contributed by atoms with Crippen molar-refractivity contribution >= 4 is 12.0 Å². The van der Waals surface area contributed by atoms with Crippen LogP contribution in [0, 0.1) is 5.92 Å². The van der Waals surface area contributed by atoms with Crippen LogP contribution < -0.4 is 5.32 Å². The van der Waals surface area contributed by atoms with Gasteiger partial charge in [-0.15, -0.1) is 0 Å². The molecule has 1 aromatic carbocycles. The highest BCUT2D eigenvalue weighted by molar-refractivity contribution is 6.02. The average molecular weight is 384 g/mol. The van der Waals surface area contributed by atoms with Gasteiger partial charge in [0.25, 0.3) is 5.91 Å². The standard InChI is InChI=1S/C19H23F3N2O3/c20-19(21,22)15-7-3-5-13(11-15)17(25)23-18(26)27-12-14-6-4-10-24-9-2-1-8-16(14)24/h3,5,7,11,14,16H,1-2,4,6,8-10,12H2,(H,23,25,26)/t14-,16-/m0/s1. The molecule has 3 rings (SSSR count). The van der Waals surface area contributed by atoms with Crippen LogP contribution in [0.15, 0.2) is 24.3 Å². The molecule has 5 nitrogen and oxygen atoms in total. The second-order valence-electron chi connectivity index (χ2n) is 7.13. The first-order chi connectivity index (χ1) is 12.8. The van der Waals surface area contributed by atoms with Crippen molar-refractivity contribution in [3.63, 3.8) is 0 Å². The number of alkyl halides is 3. The Kier molecular flexibility index (Phi) is 6.04. The van der Waals surface area contributed by atoms with Gasteiger partial charge in [-0.05, 0) is 57.0 Å². The topological polar surface area (TPSA) is 58.6 Å². The lowest BCUT2D eigenvalue weighted by Gasteiger charge is -2.44. The summed E-state index contributed by atoms with van der Waals surface area (Å²) in [6, 6.07) is 4.33. The summed E-state index contributed by atoms with van der Waals surface area (Å²) in [5.41, 5.74) is -1.18. The SMILES string of the molecule is O=C(NC(=O)c1cccc(C(F)(F)F)c1)OC[C@@H]1CCCN2CCCC[C@@H]12. The van der Waals surface area contributed by atoms with Crippen molar-refractivity contribution in [2.45, 2.75) is 44.3 Å². The molecule has 2 aliphatic rings. The fourth-order valence-corrected chi connectivity index (χ4v) is 3.99. The Morgan fingerprint density at radius 1 is 1.15 bits per heavy atom. The van der Waals surface area contributed by atoms with E-state index >= 15 is 0 Å². The van der Waals surface area contributed by atoms with Gasteiger partial charge in [-0.3, -0.25) is 15.0 Å². The molecule has 148 valence electrons. The summed E-state index contributed by atoms with van der Waals surface area (Å²) >= 11 is 0. The van der Waals surface area contributed by atoms with Gasteiger partial charge in [-0.2, -0.15) is 13.2 Å². The summed E-state index contributed by atoms with van der Waals surface area (Å²) in [5.74, 6) is -0.678. The minimum Gasteiger partial charge on any atom is -0.449 e. The van der Waals surface area contributed by atoms with E-state index in [1.165, 1.54) is 12.5 Å². The number of rotatable bonds is 3. The molecule has 8 heteroatoms. The summed E-state index contributed by atoms with van der Waals surface area (Å²) in [7, 11) is 0. The minimum absolute atomic E-state index is 0.211. The molecule has 0 saturated carbocycles. The lowest BCUT2D eigenvalue weighted by molar-refractivity contribution is -0.137. The largest absolute Gasteiger partial charge is 0.449 e. The Morgan fingerprint density at radius 2 is 1.93 bits per heavy atom. The predicted molar refractivity (Wildman–Crippen MR) is 92.2 cm³/mol. The van der Waals surface area contributed by atoms with Gasteiger partial charge < -0.3 is 4.74 Å². The lowest BCUT2D eigenvalue weighted by Crippen LogP contribution is -2.49. The van der Waals surface area contributed by atoms with Crippen LogP contribution in [0.5, 0.6) is 0 Å². The van der Waals surface area contributed by atoms with E-state index in [9.17, 15) is 22.8 Å². The smallest absolute Gasteiger partial charge is 0.416 e. The van der Waals surface area contributed by atoms with Gasteiger partial charge in [0.05, 0.1) is 12.2 Å². The van der Waals surface area contributed by atoms with E-state index in [1.807, 2.05) is 5.32 Å². The number of halogens is 3. The van der Waals surface area contributed by atoms with E-state index in [0.29, 0.717) is 12.1 Å². The first kappa shape index (κ1) is 19.7. The van der Waals surface area contributed by atoms with Crippen molar-refractivity contribution in [3.8, 4) is 0 Å². The van der Waals surface area contributed by atoms with Gasteiger partial charge in [0.1, 0.15) is 0 Å². The van der Waals surface area contributed by atoms with Crippen molar-refractivity contribution in [1.82, 2.24) is 10.2 Å². The van der Waals surface area contributed by atoms with Crippen molar-refractivity contribution in [2.75, 3.05) is 19.7 Å². The molecular weight excluding hydrogens is 361 g/mol. The molecule has 1 aromatic rings. The van der Waals surface area contributed by atoms with E-state index in [4.69, 9.17) is 4.74 Å². The van der Waals surface area contributed by atoms with Crippen LogP contribution in [0.25, 0.3) is 0 Å². The molecule has 2 fully saturated rings. The maximum Gasteiger partial charge on any atom is 0.416 e. The number of nitrogens with one attached hydrogen (secondary N) is 1. The van der Waals surface area contributed by atoms with Gasteiger partial charge in [0, 0.05) is 17.5 Å². The van der Waals surface area contributed by atoms with Crippen molar-refractivity contribution in [1.29, 1.82) is 0 Å². The molecule has 2 atom stereocenters. The van der Waals surface area contributed by atoms with Crippen LogP contribution >= 0.6 is 0 Å². The fraction of sp³-hybridized carbons (Fsp3) is 0.579. The highest BCUT2D eigenvalue weighted by Crippen LogP contribution is 2.31. The molecule has 0 unspecified atom stereocenters. The average Bonchev–Trinajstić information content (AvgIpc) is 2.65. The number of carbonyl (C=O) groups is 2. The number of carbonyl (C=O) groups excluding carboxylic acids is 2. The Morgan fingerprint density at radius 3 is 2.70 bits per heavy atom. The Balaban J connectivity index is 1.52. The molecule has 27 heavy (non-hydrogen) atoms. The van der Waals surface area contributed by atoms with E-state index in [-0.39, 0.29) is 18.1 Å². The number of nitrogens with zero attached hydrogens (tertiary/aromatic N) is 1. The van der Waals surface area contributed by atoms with Crippen molar-refractivity contribution in [3.05, 3.63) is 35.4 Å².